The Labute approximate surface area is 117 Å². The van der Waals surface area contributed by atoms with Gasteiger partial charge in [-0.3, -0.25) is 10.1 Å². The molecule has 0 amide bonds. The van der Waals surface area contributed by atoms with Crippen molar-refractivity contribution in [3.8, 4) is 0 Å². The van der Waals surface area contributed by atoms with Gasteiger partial charge in [-0.2, -0.15) is 0 Å². The van der Waals surface area contributed by atoms with E-state index in [0.717, 1.165) is 25.1 Å². The lowest BCUT2D eigenvalue weighted by Crippen LogP contribution is -2.28. The van der Waals surface area contributed by atoms with Gasteiger partial charge in [-0.15, -0.1) is 0 Å². The Hall–Kier alpha value is -2.20. The summed E-state index contributed by atoms with van der Waals surface area (Å²) in [4.78, 5) is 10.2. The maximum Gasteiger partial charge on any atom is 0.269 e. The molecule has 0 aromatic heterocycles. The van der Waals surface area contributed by atoms with Crippen molar-refractivity contribution in [2.45, 2.75) is 18.9 Å². The Morgan fingerprint density at radius 2 is 1.90 bits per heavy atom. The lowest BCUT2D eigenvalue weighted by Gasteiger charge is -2.30. The lowest BCUT2D eigenvalue weighted by atomic mass is 9.77. The molecule has 1 aliphatic rings. The highest BCUT2D eigenvalue weighted by Crippen LogP contribution is 2.34. The van der Waals surface area contributed by atoms with Crippen LogP contribution in [0.2, 0.25) is 0 Å². The lowest BCUT2D eigenvalue weighted by molar-refractivity contribution is -0.384. The van der Waals surface area contributed by atoms with E-state index in [-0.39, 0.29) is 10.6 Å². The average molecular weight is 268 g/mol. The molecule has 0 aliphatic heterocycles. The number of nitrogens with zero attached hydrogens (tertiary/aromatic N) is 1. The summed E-state index contributed by atoms with van der Waals surface area (Å²) in [6, 6.07) is 15.3. The van der Waals surface area contributed by atoms with E-state index in [2.05, 4.69) is 29.6 Å². The van der Waals surface area contributed by atoms with E-state index >= 15 is 0 Å². The van der Waals surface area contributed by atoms with Crippen LogP contribution in [0.1, 0.15) is 22.6 Å². The molecular formula is C16H16N2O2. The molecule has 0 radical (unpaired) electrons. The minimum atomic E-state index is -0.373. The summed E-state index contributed by atoms with van der Waals surface area (Å²) >= 11 is 0. The van der Waals surface area contributed by atoms with Crippen LogP contribution in [0.3, 0.4) is 0 Å². The van der Waals surface area contributed by atoms with Crippen LogP contribution in [-0.4, -0.2) is 11.5 Å². The number of nitro groups is 1. The molecule has 1 N–H and O–H groups in total. The van der Waals surface area contributed by atoms with E-state index in [4.69, 9.17) is 0 Å². The zero-order valence-corrected chi connectivity index (χ0v) is 11.1. The topological polar surface area (TPSA) is 55.2 Å². The largest absolute Gasteiger partial charge is 0.312 e. The molecule has 4 nitrogen and oxygen atoms in total. The van der Waals surface area contributed by atoms with Crippen molar-refractivity contribution in [3.05, 3.63) is 75.3 Å². The van der Waals surface area contributed by atoms with Crippen LogP contribution in [0, 0.1) is 10.1 Å². The SMILES string of the molecule is O=[N+]([O-])c1ccc(CNCC2Cc3ccccc32)cc1. The van der Waals surface area contributed by atoms with Crippen LogP contribution < -0.4 is 5.32 Å². The van der Waals surface area contributed by atoms with Crippen LogP contribution in [0.15, 0.2) is 48.5 Å². The van der Waals surface area contributed by atoms with Gasteiger partial charge in [-0.1, -0.05) is 36.4 Å². The molecule has 0 bridgehead atoms. The Bertz CT molecular complexity index is 623. The molecule has 0 saturated carbocycles. The number of hydrogen-bond donors (Lipinski definition) is 1. The number of nitrogens with one attached hydrogen (secondary N) is 1. The van der Waals surface area contributed by atoms with Crippen LogP contribution >= 0.6 is 0 Å². The van der Waals surface area contributed by atoms with Crippen molar-refractivity contribution in [3.63, 3.8) is 0 Å². The number of hydrogen-bond acceptors (Lipinski definition) is 3. The summed E-state index contributed by atoms with van der Waals surface area (Å²) in [7, 11) is 0. The summed E-state index contributed by atoms with van der Waals surface area (Å²) in [5.41, 5.74) is 4.11. The van der Waals surface area contributed by atoms with Crippen LogP contribution in [0.25, 0.3) is 0 Å². The fourth-order valence-corrected chi connectivity index (χ4v) is 2.67. The van der Waals surface area contributed by atoms with Gasteiger partial charge in [0.25, 0.3) is 5.69 Å². The van der Waals surface area contributed by atoms with E-state index in [1.807, 2.05) is 0 Å². The smallest absolute Gasteiger partial charge is 0.269 e. The summed E-state index contributed by atoms with van der Waals surface area (Å²) < 4.78 is 0. The van der Waals surface area contributed by atoms with E-state index < -0.39 is 0 Å². The van der Waals surface area contributed by atoms with E-state index in [9.17, 15) is 10.1 Å². The molecule has 1 unspecified atom stereocenters. The van der Waals surface area contributed by atoms with Gasteiger partial charge in [0, 0.05) is 31.1 Å². The third-order valence-electron chi connectivity index (χ3n) is 3.83. The minimum Gasteiger partial charge on any atom is -0.312 e. The predicted molar refractivity (Wildman–Crippen MR) is 77.7 cm³/mol. The minimum absolute atomic E-state index is 0.140. The van der Waals surface area contributed by atoms with Crippen molar-refractivity contribution in [1.29, 1.82) is 0 Å². The predicted octanol–water partition coefficient (Wildman–Crippen LogP) is 3.02. The van der Waals surface area contributed by atoms with Gasteiger partial charge in [0.2, 0.25) is 0 Å². The molecule has 0 fully saturated rings. The first-order valence-corrected chi connectivity index (χ1v) is 6.76. The maximum absolute atomic E-state index is 10.6. The molecule has 2 aromatic carbocycles. The Balaban J connectivity index is 1.50. The molecular weight excluding hydrogens is 252 g/mol. The Morgan fingerprint density at radius 3 is 2.60 bits per heavy atom. The second kappa shape index (κ2) is 5.43. The number of benzene rings is 2. The summed E-state index contributed by atoms with van der Waals surface area (Å²) in [6.45, 7) is 1.70. The van der Waals surface area contributed by atoms with Crippen molar-refractivity contribution >= 4 is 5.69 Å². The molecule has 0 saturated heterocycles. The van der Waals surface area contributed by atoms with Gasteiger partial charge < -0.3 is 5.32 Å². The van der Waals surface area contributed by atoms with Crippen LogP contribution in [0.4, 0.5) is 5.69 Å². The third kappa shape index (κ3) is 2.56. The molecule has 0 spiro atoms. The van der Waals surface area contributed by atoms with Crippen molar-refractivity contribution in [2.24, 2.45) is 0 Å². The van der Waals surface area contributed by atoms with E-state index in [1.165, 1.54) is 11.1 Å². The number of fused-ring (bicyclic) bond motifs is 1. The second-order valence-corrected chi connectivity index (χ2v) is 5.15. The quantitative estimate of drug-likeness (QED) is 0.670. The fraction of sp³-hybridized carbons (Fsp3) is 0.250. The Morgan fingerprint density at radius 1 is 1.15 bits per heavy atom. The van der Waals surface area contributed by atoms with Crippen molar-refractivity contribution in [2.75, 3.05) is 6.54 Å². The van der Waals surface area contributed by atoms with Gasteiger partial charge in [-0.05, 0) is 23.1 Å². The summed E-state index contributed by atoms with van der Waals surface area (Å²) in [5, 5.41) is 14.0. The Kier molecular flexibility index (Phi) is 3.48. The fourth-order valence-electron chi connectivity index (χ4n) is 2.67. The molecule has 1 aliphatic carbocycles. The first-order chi connectivity index (χ1) is 9.74. The third-order valence-corrected chi connectivity index (χ3v) is 3.83. The molecule has 3 rings (SSSR count). The zero-order chi connectivity index (χ0) is 13.9. The van der Waals surface area contributed by atoms with E-state index in [1.54, 1.807) is 24.3 Å². The standard InChI is InChI=1S/C16H16N2O2/c19-18(20)15-7-5-12(6-8-15)10-17-11-14-9-13-3-1-2-4-16(13)14/h1-8,14,17H,9-11H2. The summed E-state index contributed by atoms with van der Waals surface area (Å²) in [6.07, 6.45) is 1.14. The van der Waals surface area contributed by atoms with Gasteiger partial charge in [0.15, 0.2) is 0 Å². The van der Waals surface area contributed by atoms with Crippen molar-refractivity contribution in [1.82, 2.24) is 5.32 Å². The highest BCUT2D eigenvalue weighted by molar-refractivity contribution is 5.40. The molecule has 20 heavy (non-hydrogen) atoms. The van der Waals surface area contributed by atoms with Crippen LogP contribution in [-0.2, 0) is 13.0 Å². The molecule has 2 aromatic rings. The first-order valence-electron chi connectivity index (χ1n) is 6.76. The van der Waals surface area contributed by atoms with Crippen LogP contribution in [0.5, 0.6) is 0 Å². The monoisotopic (exact) mass is 268 g/mol. The molecule has 1 atom stereocenters. The van der Waals surface area contributed by atoms with Crippen molar-refractivity contribution < 1.29 is 4.92 Å². The zero-order valence-electron chi connectivity index (χ0n) is 11.1. The molecule has 0 heterocycles. The van der Waals surface area contributed by atoms with Gasteiger partial charge >= 0.3 is 0 Å². The normalized spacial score (nSPS) is 16.3. The molecule has 4 heteroatoms. The van der Waals surface area contributed by atoms with Gasteiger partial charge in [0.1, 0.15) is 0 Å². The van der Waals surface area contributed by atoms with Gasteiger partial charge in [0.05, 0.1) is 4.92 Å². The average Bonchev–Trinajstić information content (AvgIpc) is 2.44. The maximum atomic E-state index is 10.6. The number of nitro benzene ring substituents is 1. The highest BCUT2D eigenvalue weighted by atomic mass is 16.6. The van der Waals surface area contributed by atoms with E-state index in [0.29, 0.717) is 5.92 Å². The summed E-state index contributed by atoms with van der Waals surface area (Å²) in [5.74, 6) is 0.601. The first kappa shape index (κ1) is 12.8. The van der Waals surface area contributed by atoms with Gasteiger partial charge in [-0.25, -0.2) is 0 Å². The number of non-ortho nitro benzene ring substituents is 1. The number of rotatable bonds is 5. The second-order valence-electron chi connectivity index (χ2n) is 5.15. The molecule has 102 valence electrons. The highest BCUT2D eigenvalue weighted by Gasteiger charge is 2.24.